The zero-order chi connectivity index (χ0) is 19.0. The largest absolute Gasteiger partial charge is 0.348 e. The topological polar surface area (TPSA) is 52.2 Å². The van der Waals surface area contributed by atoms with Gasteiger partial charge in [-0.05, 0) is 43.4 Å². The third-order valence-electron chi connectivity index (χ3n) is 5.77. The number of benzene rings is 1. The molecule has 3 aliphatic heterocycles. The van der Waals surface area contributed by atoms with Crippen molar-refractivity contribution < 1.29 is 9.18 Å². The van der Waals surface area contributed by atoms with Crippen LogP contribution in [0.2, 0.25) is 5.02 Å². The standard InChI is InChI=1S/C20H24ClFN4O/c1-13-19(24-12-23-13)11-25-8-14-2-5-17(10-25)26(9-14)20(27)6-15-3-4-16(22)7-18(15)21/h3-4,7,12,14,17H,2,5-6,8-11H2,1H3,(H,23,24)/t14-,17+/m0/s1. The Kier molecular flexibility index (Phi) is 5.19. The minimum Gasteiger partial charge on any atom is -0.348 e. The summed E-state index contributed by atoms with van der Waals surface area (Å²) in [5.41, 5.74) is 2.87. The molecule has 27 heavy (non-hydrogen) atoms. The highest BCUT2D eigenvalue weighted by Crippen LogP contribution is 2.30. The van der Waals surface area contributed by atoms with Crippen LogP contribution in [-0.2, 0) is 17.8 Å². The summed E-state index contributed by atoms with van der Waals surface area (Å²) in [7, 11) is 0. The van der Waals surface area contributed by atoms with Gasteiger partial charge < -0.3 is 9.88 Å². The SMILES string of the molecule is Cc1[nH]cnc1CN1C[C@@H]2CC[C@H](C1)N(C(=O)Cc1ccc(F)cc1Cl)C2. The summed E-state index contributed by atoms with van der Waals surface area (Å²) >= 11 is 6.11. The maximum atomic E-state index is 13.3. The van der Waals surface area contributed by atoms with Crippen molar-refractivity contribution in [3.8, 4) is 0 Å². The van der Waals surface area contributed by atoms with Gasteiger partial charge in [-0.25, -0.2) is 9.37 Å². The number of H-pyrrole nitrogens is 1. The van der Waals surface area contributed by atoms with Crippen LogP contribution >= 0.6 is 11.6 Å². The molecular formula is C20H24ClFN4O. The van der Waals surface area contributed by atoms with E-state index in [4.69, 9.17) is 11.6 Å². The molecule has 144 valence electrons. The van der Waals surface area contributed by atoms with Crippen molar-refractivity contribution in [1.29, 1.82) is 0 Å². The number of halogens is 2. The summed E-state index contributed by atoms with van der Waals surface area (Å²) in [4.78, 5) is 25.0. The number of carbonyl (C=O) groups excluding carboxylic acids is 1. The number of nitrogens with zero attached hydrogens (tertiary/aromatic N) is 3. The Balaban J connectivity index is 1.45. The zero-order valence-electron chi connectivity index (χ0n) is 15.4. The predicted molar refractivity (Wildman–Crippen MR) is 102 cm³/mol. The lowest BCUT2D eigenvalue weighted by Crippen LogP contribution is -2.48. The normalized spacial score (nSPS) is 22.9. The second-order valence-electron chi connectivity index (χ2n) is 7.72. The van der Waals surface area contributed by atoms with Gasteiger partial charge in [-0.3, -0.25) is 9.69 Å². The van der Waals surface area contributed by atoms with Crippen LogP contribution in [-0.4, -0.2) is 51.4 Å². The fourth-order valence-corrected chi connectivity index (χ4v) is 4.54. The van der Waals surface area contributed by atoms with Crippen LogP contribution in [0.25, 0.3) is 0 Å². The maximum absolute atomic E-state index is 13.3. The van der Waals surface area contributed by atoms with Crippen molar-refractivity contribution in [2.75, 3.05) is 19.6 Å². The summed E-state index contributed by atoms with van der Waals surface area (Å²) < 4.78 is 13.3. The molecule has 1 aromatic carbocycles. The Bertz CT molecular complexity index is 839. The molecule has 2 aromatic rings. The van der Waals surface area contributed by atoms with E-state index in [-0.39, 0.29) is 24.2 Å². The average molecular weight is 391 g/mol. The molecule has 5 rings (SSSR count). The smallest absolute Gasteiger partial charge is 0.227 e. The second kappa shape index (κ2) is 7.60. The lowest BCUT2D eigenvalue weighted by atomic mass is 9.94. The van der Waals surface area contributed by atoms with Gasteiger partial charge in [0.05, 0.1) is 18.4 Å². The van der Waals surface area contributed by atoms with Gasteiger partial charge in [-0.15, -0.1) is 0 Å². The minimum absolute atomic E-state index is 0.0796. The Labute approximate surface area is 163 Å². The summed E-state index contributed by atoms with van der Waals surface area (Å²) in [5, 5.41) is 0.318. The van der Waals surface area contributed by atoms with E-state index in [0.29, 0.717) is 16.5 Å². The van der Waals surface area contributed by atoms with Gasteiger partial charge in [0.1, 0.15) is 5.82 Å². The zero-order valence-corrected chi connectivity index (χ0v) is 16.2. The Morgan fingerprint density at radius 3 is 2.93 bits per heavy atom. The van der Waals surface area contributed by atoms with Crippen LogP contribution in [0.1, 0.15) is 29.8 Å². The summed E-state index contributed by atoms with van der Waals surface area (Å²) in [6.45, 7) is 5.50. The number of fused-ring (bicyclic) bond motifs is 4. The number of amides is 1. The average Bonchev–Trinajstić information content (AvgIpc) is 2.84. The van der Waals surface area contributed by atoms with Crippen molar-refractivity contribution in [1.82, 2.24) is 19.8 Å². The number of carbonyl (C=O) groups is 1. The molecule has 1 amide bonds. The molecule has 3 saturated heterocycles. The van der Waals surface area contributed by atoms with E-state index in [1.54, 1.807) is 12.4 Å². The first-order valence-corrected chi connectivity index (χ1v) is 9.82. The van der Waals surface area contributed by atoms with Crippen molar-refractivity contribution >= 4 is 17.5 Å². The molecule has 2 atom stereocenters. The first-order chi connectivity index (χ1) is 13.0. The van der Waals surface area contributed by atoms with Crippen molar-refractivity contribution in [3.05, 3.63) is 52.3 Å². The number of hydrogen-bond donors (Lipinski definition) is 1. The first-order valence-electron chi connectivity index (χ1n) is 9.44. The van der Waals surface area contributed by atoms with Gasteiger partial charge in [0.2, 0.25) is 5.91 Å². The van der Waals surface area contributed by atoms with Gasteiger partial charge >= 0.3 is 0 Å². The van der Waals surface area contributed by atoms with Crippen LogP contribution in [0, 0.1) is 18.7 Å². The quantitative estimate of drug-likeness (QED) is 0.872. The van der Waals surface area contributed by atoms with Crippen molar-refractivity contribution in [3.63, 3.8) is 0 Å². The number of hydrogen-bond acceptors (Lipinski definition) is 3. The number of rotatable bonds is 4. The minimum atomic E-state index is -0.380. The molecule has 7 heteroatoms. The number of aromatic amines is 1. The number of imidazole rings is 1. The van der Waals surface area contributed by atoms with E-state index in [9.17, 15) is 9.18 Å². The van der Waals surface area contributed by atoms with Crippen LogP contribution in [0.5, 0.6) is 0 Å². The van der Waals surface area contributed by atoms with E-state index in [2.05, 4.69) is 14.9 Å². The maximum Gasteiger partial charge on any atom is 0.227 e. The highest BCUT2D eigenvalue weighted by molar-refractivity contribution is 6.31. The van der Waals surface area contributed by atoms with Crippen LogP contribution in [0.4, 0.5) is 4.39 Å². The van der Waals surface area contributed by atoms with E-state index >= 15 is 0 Å². The first kappa shape index (κ1) is 18.4. The van der Waals surface area contributed by atoms with E-state index in [1.165, 1.54) is 12.1 Å². The molecule has 0 aliphatic carbocycles. The Morgan fingerprint density at radius 1 is 1.33 bits per heavy atom. The molecule has 1 aromatic heterocycles. The predicted octanol–water partition coefficient (Wildman–Crippen LogP) is 3.18. The fraction of sp³-hybridized carbons (Fsp3) is 0.500. The van der Waals surface area contributed by atoms with E-state index in [0.717, 1.165) is 50.4 Å². The molecule has 0 saturated carbocycles. The van der Waals surface area contributed by atoms with Crippen LogP contribution in [0.15, 0.2) is 24.5 Å². The molecule has 0 unspecified atom stereocenters. The molecule has 5 nitrogen and oxygen atoms in total. The molecule has 2 bridgehead atoms. The second-order valence-corrected chi connectivity index (χ2v) is 8.13. The van der Waals surface area contributed by atoms with Crippen LogP contribution in [0.3, 0.4) is 0 Å². The molecule has 4 heterocycles. The molecule has 1 N–H and O–H groups in total. The van der Waals surface area contributed by atoms with Gasteiger partial charge in [0.25, 0.3) is 0 Å². The molecular weight excluding hydrogens is 367 g/mol. The lowest BCUT2D eigenvalue weighted by Gasteiger charge is -2.36. The molecule has 0 radical (unpaired) electrons. The number of aromatic nitrogens is 2. The van der Waals surface area contributed by atoms with Gasteiger partial charge in [0.15, 0.2) is 0 Å². The van der Waals surface area contributed by atoms with Gasteiger partial charge in [-0.1, -0.05) is 17.7 Å². The number of piperidine rings is 1. The van der Waals surface area contributed by atoms with E-state index in [1.807, 2.05) is 11.8 Å². The summed E-state index contributed by atoms with van der Waals surface area (Å²) in [6, 6.07) is 4.46. The summed E-state index contributed by atoms with van der Waals surface area (Å²) in [6.07, 6.45) is 4.14. The monoisotopic (exact) mass is 390 g/mol. The Hall–Kier alpha value is -1.92. The lowest BCUT2D eigenvalue weighted by molar-refractivity contribution is -0.134. The van der Waals surface area contributed by atoms with Crippen molar-refractivity contribution in [2.45, 2.75) is 38.8 Å². The highest BCUT2D eigenvalue weighted by atomic mass is 35.5. The van der Waals surface area contributed by atoms with Crippen LogP contribution < -0.4 is 0 Å². The third kappa shape index (κ3) is 4.01. The van der Waals surface area contributed by atoms with E-state index < -0.39 is 0 Å². The number of aryl methyl sites for hydroxylation is 1. The molecule has 0 spiro atoms. The van der Waals surface area contributed by atoms with Gasteiger partial charge in [0, 0.05) is 42.9 Å². The van der Waals surface area contributed by atoms with Crippen molar-refractivity contribution in [2.24, 2.45) is 5.92 Å². The third-order valence-corrected chi connectivity index (χ3v) is 6.13. The fourth-order valence-electron chi connectivity index (χ4n) is 4.30. The molecule has 3 fully saturated rings. The number of nitrogens with one attached hydrogen (secondary N) is 1. The van der Waals surface area contributed by atoms with Gasteiger partial charge in [-0.2, -0.15) is 0 Å². The molecule has 3 aliphatic rings. The Morgan fingerprint density at radius 2 is 2.19 bits per heavy atom. The highest BCUT2D eigenvalue weighted by Gasteiger charge is 2.37. The summed E-state index contributed by atoms with van der Waals surface area (Å²) in [5.74, 6) is 0.181.